The Kier molecular flexibility index (Phi) is 4.81. The molecule has 24 heavy (non-hydrogen) atoms. The van der Waals surface area contributed by atoms with Gasteiger partial charge in [0.2, 0.25) is 0 Å². The van der Waals surface area contributed by atoms with E-state index in [1.807, 2.05) is 0 Å². The predicted octanol–water partition coefficient (Wildman–Crippen LogP) is 3.51. The van der Waals surface area contributed by atoms with Gasteiger partial charge in [0.25, 0.3) is 0 Å². The molecule has 0 radical (unpaired) electrons. The van der Waals surface area contributed by atoms with Crippen LogP contribution in [0.1, 0.15) is 23.5 Å². The second kappa shape index (κ2) is 7.37. The lowest BCUT2D eigenvalue weighted by Crippen LogP contribution is -2.37. The zero-order valence-corrected chi connectivity index (χ0v) is 14.2. The van der Waals surface area contributed by atoms with E-state index in [9.17, 15) is 0 Å². The van der Waals surface area contributed by atoms with E-state index in [2.05, 4.69) is 64.4 Å². The van der Waals surface area contributed by atoms with Gasteiger partial charge in [-0.2, -0.15) is 0 Å². The van der Waals surface area contributed by atoms with Gasteiger partial charge in [-0.25, -0.2) is 0 Å². The molecule has 4 rings (SSSR count). The van der Waals surface area contributed by atoms with Crippen LogP contribution < -0.4 is 4.90 Å². The van der Waals surface area contributed by atoms with Gasteiger partial charge in [0.15, 0.2) is 0 Å². The predicted molar refractivity (Wildman–Crippen MR) is 98.6 cm³/mol. The summed E-state index contributed by atoms with van der Waals surface area (Å²) in [5.74, 6) is 0.682. The fourth-order valence-corrected chi connectivity index (χ4v) is 3.97. The van der Waals surface area contributed by atoms with Gasteiger partial charge in [-0.3, -0.25) is 4.90 Å². The molecule has 0 N–H and O–H groups in total. The second-order valence-electron chi connectivity index (χ2n) is 6.86. The molecule has 126 valence electrons. The number of morpholine rings is 1. The molecule has 1 atom stereocenters. The van der Waals surface area contributed by atoms with Crippen LogP contribution in [-0.2, 0) is 11.3 Å². The number of rotatable bonds is 4. The van der Waals surface area contributed by atoms with Crippen LogP contribution in [0.5, 0.6) is 0 Å². The van der Waals surface area contributed by atoms with E-state index in [0.29, 0.717) is 5.92 Å². The van der Waals surface area contributed by atoms with Crippen molar-refractivity contribution in [3.63, 3.8) is 0 Å². The number of anilines is 1. The molecule has 3 nitrogen and oxygen atoms in total. The summed E-state index contributed by atoms with van der Waals surface area (Å²) >= 11 is 0. The van der Waals surface area contributed by atoms with Crippen molar-refractivity contribution in [1.29, 1.82) is 0 Å². The molecular weight excluding hydrogens is 296 g/mol. The van der Waals surface area contributed by atoms with Crippen LogP contribution in [0.15, 0.2) is 54.6 Å². The van der Waals surface area contributed by atoms with Crippen LogP contribution in [0.2, 0.25) is 0 Å². The molecule has 0 amide bonds. The van der Waals surface area contributed by atoms with Gasteiger partial charge < -0.3 is 9.64 Å². The largest absolute Gasteiger partial charge is 0.378 e. The van der Waals surface area contributed by atoms with E-state index in [-0.39, 0.29) is 0 Å². The maximum Gasteiger partial charge on any atom is 0.0642 e. The Bertz CT molecular complexity index is 652. The van der Waals surface area contributed by atoms with Crippen molar-refractivity contribution in [2.24, 2.45) is 0 Å². The summed E-state index contributed by atoms with van der Waals surface area (Å²) in [6.07, 6.45) is 1.27. The second-order valence-corrected chi connectivity index (χ2v) is 6.86. The summed E-state index contributed by atoms with van der Waals surface area (Å²) in [5.41, 5.74) is 4.33. The topological polar surface area (TPSA) is 15.7 Å². The number of para-hydroxylation sites is 1. The Morgan fingerprint density at radius 1 is 0.875 bits per heavy atom. The Balaban J connectivity index is 1.44. The summed E-state index contributed by atoms with van der Waals surface area (Å²) in [7, 11) is 0. The van der Waals surface area contributed by atoms with E-state index in [0.717, 1.165) is 32.8 Å². The van der Waals surface area contributed by atoms with Crippen molar-refractivity contribution in [1.82, 2.24) is 4.90 Å². The van der Waals surface area contributed by atoms with Gasteiger partial charge in [-0.1, -0.05) is 48.5 Å². The van der Waals surface area contributed by atoms with Crippen LogP contribution in [0.25, 0.3) is 0 Å². The van der Waals surface area contributed by atoms with E-state index in [4.69, 9.17) is 4.74 Å². The van der Waals surface area contributed by atoms with Gasteiger partial charge >= 0.3 is 0 Å². The molecule has 2 fully saturated rings. The third kappa shape index (κ3) is 3.47. The molecule has 1 unspecified atom stereocenters. The van der Waals surface area contributed by atoms with Crippen molar-refractivity contribution in [2.45, 2.75) is 18.9 Å². The molecule has 0 saturated carbocycles. The number of hydrogen-bond donors (Lipinski definition) is 0. The molecule has 2 aliphatic rings. The smallest absolute Gasteiger partial charge is 0.0642 e. The van der Waals surface area contributed by atoms with E-state index in [1.54, 1.807) is 0 Å². The van der Waals surface area contributed by atoms with E-state index in [1.165, 1.54) is 36.3 Å². The van der Waals surface area contributed by atoms with Gasteiger partial charge in [-0.15, -0.1) is 0 Å². The van der Waals surface area contributed by atoms with Crippen LogP contribution in [0.3, 0.4) is 0 Å². The molecule has 2 heterocycles. The van der Waals surface area contributed by atoms with Crippen molar-refractivity contribution in [3.05, 3.63) is 65.7 Å². The van der Waals surface area contributed by atoms with Gasteiger partial charge in [0, 0.05) is 31.9 Å². The average Bonchev–Trinajstić information content (AvgIpc) is 3.12. The Morgan fingerprint density at radius 2 is 1.62 bits per heavy atom. The molecule has 3 heteroatoms. The molecule has 2 aliphatic heterocycles. The number of benzene rings is 2. The number of ether oxygens (including phenoxy) is 1. The summed E-state index contributed by atoms with van der Waals surface area (Å²) in [4.78, 5) is 5.08. The Hall–Kier alpha value is -1.84. The lowest BCUT2D eigenvalue weighted by atomic mass is 9.99. The fraction of sp³-hybridized carbons (Fsp3) is 0.429. The van der Waals surface area contributed by atoms with Crippen LogP contribution in [0, 0.1) is 0 Å². The molecule has 0 aromatic heterocycles. The quantitative estimate of drug-likeness (QED) is 0.857. The molecule has 0 aliphatic carbocycles. The fourth-order valence-electron chi connectivity index (χ4n) is 3.97. The van der Waals surface area contributed by atoms with Crippen molar-refractivity contribution in [2.75, 3.05) is 44.3 Å². The van der Waals surface area contributed by atoms with E-state index < -0.39 is 0 Å². The van der Waals surface area contributed by atoms with Crippen LogP contribution >= 0.6 is 0 Å². The first-order chi connectivity index (χ1) is 11.9. The zero-order chi connectivity index (χ0) is 16.2. The highest BCUT2D eigenvalue weighted by Crippen LogP contribution is 2.30. The van der Waals surface area contributed by atoms with Crippen molar-refractivity contribution in [3.8, 4) is 0 Å². The summed E-state index contributed by atoms with van der Waals surface area (Å²) < 4.78 is 5.51. The standard InChI is InChI=1S/C21H26N2O/c1-2-6-18(7-3-1)19-10-11-22(16-19)17-20-8-4-5-9-21(20)23-12-14-24-15-13-23/h1-9,19H,10-17H2. The number of nitrogens with zero attached hydrogens (tertiary/aromatic N) is 2. The van der Waals surface area contributed by atoms with Gasteiger partial charge in [-0.05, 0) is 36.1 Å². The Labute approximate surface area is 144 Å². The minimum absolute atomic E-state index is 0.682. The highest BCUT2D eigenvalue weighted by atomic mass is 16.5. The summed E-state index contributed by atoms with van der Waals surface area (Å²) in [6, 6.07) is 19.9. The first kappa shape index (κ1) is 15.7. The minimum Gasteiger partial charge on any atom is -0.378 e. The molecule has 2 aromatic rings. The number of likely N-dealkylation sites (tertiary alicyclic amines) is 1. The Morgan fingerprint density at radius 3 is 2.46 bits per heavy atom. The van der Waals surface area contributed by atoms with Gasteiger partial charge in [0.1, 0.15) is 0 Å². The summed E-state index contributed by atoms with van der Waals surface area (Å²) in [6.45, 7) is 7.10. The molecule has 0 spiro atoms. The first-order valence-electron chi connectivity index (χ1n) is 9.08. The molecule has 0 bridgehead atoms. The SMILES string of the molecule is c1ccc(C2CCN(Cc3ccccc3N3CCOCC3)C2)cc1. The van der Waals surface area contributed by atoms with Crippen LogP contribution in [-0.4, -0.2) is 44.3 Å². The normalized spacial score (nSPS) is 22.0. The monoisotopic (exact) mass is 322 g/mol. The number of hydrogen-bond acceptors (Lipinski definition) is 3. The van der Waals surface area contributed by atoms with Crippen LogP contribution in [0.4, 0.5) is 5.69 Å². The lowest BCUT2D eigenvalue weighted by molar-refractivity contribution is 0.122. The minimum atomic E-state index is 0.682. The summed E-state index contributed by atoms with van der Waals surface area (Å²) in [5, 5.41) is 0. The molecule has 2 aromatic carbocycles. The maximum atomic E-state index is 5.51. The average molecular weight is 322 g/mol. The van der Waals surface area contributed by atoms with Gasteiger partial charge in [0.05, 0.1) is 13.2 Å². The van der Waals surface area contributed by atoms with Crippen molar-refractivity contribution < 1.29 is 4.74 Å². The lowest BCUT2D eigenvalue weighted by Gasteiger charge is -2.31. The first-order valence-corrected chi connectivity index (χ1v) is 9.08. The molecule has 2 saturated heterocycles. The molecular formula is C21H26N2O. The highest BCUT2D eigenvalue weighted by molar-refractivity contribution is 5.54. The highest BCUT2D eigenvalue weighted by Gasteiger charge is 2.25. The van der Waals surface area contributed by atoms with E-state index >= 15 is 0 Å². The third-order valence-corrected chi connectivity index (χ3v) is 5.28. The zero-order valence-electron chi connectivity index (χ0n) is 14.2. The van der Waals surface area contributed by atoms with Crippen molar-refractivity contribution >= 4 is 5.69 Å². The third-order valence-electron chi connectivity index (χ3n) is 5.28. The maximum absolute atomic E-state index is 5.51.